The van der Waals surface area contributed by atoms with Gasteiger partial charge in [-0.3, -0.25) is 0 Å². The first-order valence-electron chi connectivity index (χ1n) is 3.04. The van der Waals surface area contributed by atoms with Crippen LogP contribution >= 0.6 is 15.5 Å². The second-order valence-corrected chi connectivity index (χ2v) is 3.98. The van der Waals surface area contributed by atoms with Crippen LogP contribution in [0.2, 0.25) is 0 Å². The highest BCUT2D eigenvalue weighted by Crippen LogP contribution is 2.47. The summed E-state index contributed by atoms with van der Waals surface area (Å²) in [7, 11) is -10.7. The Morgan fingerprint density at radius 3 is 0.944 bits per heavy atom. The third kappa shape index (κ3) is 36.9. The van der Waals surface area contributed by atoms with E-state index in [9.17, 15) is 16.8 Å². The van der Waals surface area contributed by atoms with Crippen molar-refractivity contribution in [3.63, 3.8) is 0 Å². The second kappa shape index (κ2) is 9.16. The zero-order chi connectivity index (χ0) is 15.6. The van der Waals surface area contributed by atoms with Gasteiger partial charge in [0.15, 0.2) is 11.6 Å². The molecule has 14 heteroatoms. The third-order valence-electron chi connectivity index (χ3n) is 0.416. The molecule has 0 rings (SSSR count). The summed E-state index contributed by atoms with van der Waals surface area (Å²) in [5, 5.41) is 29.1. The SMILES string of the molecule is N#CP(=O)(F)F.N#CP(=O)(F)F.O=C(O)C(=O)O. The molecule has 0 heterocycles. The Morgan fingerprint density at radius 2 is 0.944 bits per heavy atom. The molecular formula is C4H2F4N2O6P2. The molecule has 0 bridgehead atoms. The number of aliphatic carboxylic acids is 2. The summed E-state index contributed by atoms with van der Waals surface area (Å²) < 4.78 is 60.4. The van der Waals surface area contributed by atoms with Crippen molar-refractivity contribution >= 4 is 27.5 Å². The average Bonchev–Trinajstić information content (AvgIpc) is 2.17. The lowest BCUT2D eigenvalue weighted by Gasteiger charge is -1.72. The lowest BCUT2D eigenvalue weighted by Crippen LogP contribution is -2.09. The van der Waals surface area contributed by atoms with Crippen LogP contribution in [0.1, 0.15) is 0 Å². The van der Waals surface area contributed by atoms with Gasteiger partial charge >= 0.3 is 27.5 Å². The third-order valence-corrected chi connectivity index (χ3v) is 0.881. The molecule has 0 aromatic rings. The van der Waals surface area contributed by atoms with Gasteiger partial charge in [-0.1, -0.05) is 0 Å². The minimum Gasteiger partial charge on any atom is -0.473 e. The largest absolute Gasteiger partial charge is 0.504 e. The van der Waals surface area contributed by atoms with Gasteiger partial charge in [0.1, 0.15) is 0 Å². The molecule has 102 valence electrons. The molecule has 0 aliphatic heterocycles. The predicted molar refractivity (Wildman–Crippen MR) is 46.1 cm³/mol. The summed E-state index contributed by atoms with van der Waals surface area (Å²) in [6.07, 6.45) is 0. The first-order valence-corrected chi connectivity index (χ1v) is 6.02. The Labute approximate surface area is 96.3 Å². The van der Waals surface area contributed by atoms with E-state index in [0.717, 1.165) is 0 Å². The lowest BCUT2D eigenvalue weighted by atomic mass is 10.7. The predicted octanol–water partition coefficient (Wildman–Crippen LogP) is 2.35. The normalized spacial score (nSPS) is 9.22. The van der Waals surface area contributed by atoms with E-state index >= 15 is 0 Å². The Bertz CT molecular complexity index is 425. The van der Waals surface area contributed by atoms with Gasteiger partial charge in [0.25, 0.3) is 0 Å². The number of hydrogen-bond acceptors (Lipinski definition) is 6. The number of halogens is 4. The molecule has 0 aliphatic rings. The first kappa shape index (κ1) is 21.4. The van der Waals surface area contributed by atoms with Gasteiger partial charge in [0.2, 0.25) is 0 Å². The summed E-state index contributed by atoms with van der Waals surface area (Å²) in [4.78, 5) is 18.2. The first-order chi connectivity index (χ1) is 7.76. The second-order valence-electron chi connectivity index (χ2n) is 1.73. The smallest absolute Gasteiger partial charge is 0.473 e. The number of carbonyl (C=O) groups is 2. The number of carboxylic acid groups (broad SMARTS) is 2. The fraction of sp³-hybridized carbons (Fsp3) is 0. The molecule has 0 unspecified atom stereocenters. The number of nitriles is 2. The van der Waals surface area contributed by atoms with E-state index in [2.05, 4.69) is 0 Å². The molecule has 0 fully saturated rings. The van der Waals surface area contributed by atoms with E-state index in [0.29, 0.717) is 11.6 Å². The Kier molecular flexibility index (Phi) is 10.9. The fourth-order valence-corrected chi connectivity index (χ4v) is 0. The summed E-state index contributed by atoms with van der Waals surface area (Å²) in [6, 6.07) is 0. The fourth-order valence-electron chi connectivity index (χ4n) is 0. The molecule has 0 aromatic heterocycles. The zero-order valence-electron chi connectivity index (χ0n) is 7.83. The van der Waals surface area contributed by atoms with Gasteiger partial charge < -0.3 is 10.2 Å². The van der Waals surface area contributed by atoms with Crippen molar-refractivity contribution < 1.29 is 45.7 Å². The average molecular weight is 312 g/mol. The van der Waals surface area contributed by atoms with Crippen molar-refractivity contribution in [2.24, 2.45) is 0 Å². The van der Waals surface area contributed by atoms with Crippen molar-refractivity contribution in [2.75, 3.05) is 0 Å². The van der Waals surface area contributed by atoms with Crippen LogP contribution in [0.4, 0.5) is 16.8 Å². The summed E-state index contributed by atoms with van der Waals surface area (Å²) in [5.74, 6) is -3.00. The highest BCUT2D eigenvalue weighted by molar-refractivity contribution is 7.58. The van der Waals surface area contributed by atoms with Crippen LogP contribution < -0.4 is 0 Å². The van der Waals surface area contributed by atoms with E-state index in [-0.39, 0.29) is 0 Å². The van der Waals surface area contributed by atoms with Crippen molar-refractivity contribution in [3.05, 3.63) is 0 Å². The molecule has 0 atom stereocenters. The molecule has 0 radical (unpaired) electrons. The van der Waals surface area contributed by atoms with Gasteiger partial charge in [-0.15, -0.1) is 16.8 Å². The van der Waals surface area contributed by atoms with E-state index in [1.165, 1.54) is 0 Å². The van der Waals surface area contributed by atoms with Gasteiger partial charge in [0, 0.05) is 0 Å². The van der Waals surface area contributed by atoms with Crippen molar-refractivity contribution in [2.45, 2.75) is 0 Å². The molecule has 18 heavy (non-hydrogen) atoms. The maximum atomic E-state index is 10.6. The Morgan fingerprint density at radius 1 is 0.833 bits per heavy atom. The number of hydrogen-bond donors (Lipinski definition) is 2. The summed E-state index contributed by atoms with van der Waals surface area (Å²) in [5.41, 5.74) is 0. The Balaban J connectivity index is -0.000000187. The number of carboxylic acids is 2. The van der Waals surface area contributed by atoms with Crippen LogP contribution in [-0.2, 0) is 18.7 Å². The Hall–Kier alpha value is -1.90. The van der Waals surface area contributed by atoms with Crippen LogP contribution in [0.25, 0.3) is 0 Å². The topological polar surface area (TPSA) is 156 Å². The van der Waals surface area contributed by atoms with Crippen LogP contribution in [0, 0.1) is 22.1 Å². The number of nitrogens with zero attached hydrogens (tertiary/aromatic N) is 2. The molecule has 0 spiro atoms. The van der Waals surface area contributed by atoms with Gasteiger partial charge in [0.05, 0.1) is 0 Å². The van der Waals surface area contributed by atoms with Crippen molar-refractivity contribution in [3.8, 4) is 11.6 Å². The maximum Gasteiger partial charge on any atom is 0.504 e. The monoisotopic (exact) mass is 312 g/mol. The highest BCUT2D eigenvalue weighted by Gasteiger charge is 2.15. The van der Waals surface area contributed by atoms with Gasteiger partial charge in [-0.2, -0.15) is 10.5 Å². The van der Waals surface area contributed by atoms with E-state index in [4.69, 9.17) is 39.5 Å². The van der Waals surface area contributed by atoms with E-state index in [1.807, 2.05) is 0 Å². The lowest BCUT2D eigenvalue weighted by molar-refractivity contribution is -0.159. The molecule has 0 aliphatic carbocycles. The van der Waals surface area contributed by atoms with Gasteiger partial charge in [-0.05, 0) is 0 Å². The van der Waals surface area contributed by atoms with Crippen LogP contribution in [0.15, 0.2) is 0 Å². The minimum atomic E-state index is -5.34. The van der Waals surface area contributed by atoms with Crippen molar-refractivity contribution in [1.29, 1.82) is 10.5 Å². The standard InChI is InChI=1S/C2H2O4.2CF2NOP/c3-1(4)2(5)6;2*2-6(3,5)1-4/h(H,3,4)(H,5,6);;. The molecule has 0 saturated carbocycles. The van der Waals surface area contributed by atoms with Gasteiger partial charge in [-0.25, -0.2) is 18.7 Å². The van der Waals surface area contributed by atoms with Crippen LogP contribution in [0.5, 0.6) is 0 Å². The highest BCUT2D eigenvalue weighted by atomic mass is 31.2. The molecule has 0 amide bonds. The summed E-state index contributed by atoms with van der Waals surface area (Å²) in [6.45, 7) is 0. The molecule has 8 nitrogen and oxygen atoms in total. The van der Waals surface area contributed by atoms with Crippen molar-refractivity contribution in [1.82, 2.24) is 0 Å². The maximum absolute atomic E-state index is 10.6. The zero-order valence-corrected chi connectivity index (χ0v) is 9.62. The van der Waals surface area contributed by atoms with E-state index in [1.54, 1.807) is 0 Å². The quantitative estimate of drug-likeness (QED) is 0.392. The van der Waals surface area contributed by atoms with Crippen LogP contribution in [-0.4, -0.2) is 22.2 Å². The van der Waals surface area contributed by atoms with E-state index < -0.39 is 27.5 Å². The molecule has 2 N–H and O–H groups in total. The molecule has 0 saturated heterocycles. The molecule has 0 aromatic carbocycles. The minimum absolute atomic E-state index is 0.326. The molecular weight excluding hydrogens is 310 g/mol. The number of rotatable bonds is 0. The van der Waals surface area contributed by atoms with Crippen LogP contribution in [0.3, 0.4) is 0 Å². The summed E-state index contributed by atoms with van der Waals surface area (Å²) >= 11 is 0.